The highest BCUT2D eigenvalue weighted by atomic mass is 14.9. The van der Waals surface area contributed by atoms with Gasteiger partial charge >= 0.3 is 0 Å². The van der Waals surface area contributed by atoms with E-state index in [4.69, 9.17) is 0 Å². The summed E-state index contributed by atoms with van der Waals surface area (Å²) in [6.45, 7) is 7.15. The summed E-state index contributed by atoms with van der Waals surface area (Å²) in [7, 11) is 0. The van der Waals surface area contributed by atoms with Gasteiger partial charge in [-0.2, -0.15) is 0 Å². The Morgan fingerprint density at radius 3 is 2.92 bits per heavy atom. The van der Waals surface area contributed by atoms with Crippen LogP contribution in [-0.2, 0) is 0 Å². The first-order chi connectivity index (χ1) is 6.43. The van der Waals surface area contributed by atoms with Crippen molar-refractivity contribution in [2.24, 2.45) is 5.92 Å². The summed E-state index contributed by atoms with van der Waals surface area (Å²) in [6, 6.07) is 0. The van der Waals surface area contributed by atoms with Crippen molar-refractivity contribution in [3.8, 4) is 0 Å². The number of unbranched alkanes of at least 4 members (excludes halogenated alkanes) is 3. The summed E-state index contributed by atoms with van der Waals surface area (Å²) in [5, 5.41) is 6.94. The predicted molar refractivity (Wildman–Crippen MR) is 58.0 cm³/mol. The second kappa shape index (κ2) is 7.34. The molecule has 0 saturated carbocycles. The summed E-state index contributed by atoms with van der Waals surface area (Å²) in [4.78, 5) is 0. The standard InChI is InChI=1S/C11H24N2/c1-2-3-4-5-7-12-9-11-6-8-13-10-11/h11-13H,2-10H2,1H3/t11-/m0/s1. The van der Waals surface area contributed by atoms with Crippen LogP contribution in [0.5, 0.6) is 0 Å². The van der Waals surface area contributed by atoms with Crippen molar-refractivity contribution in [1.82, 2.24) is 10.6 Å². The Balaban J connectivity index is 1.78. The fourth-order valence-electron chi connectivity index (χ4n) is 1.87. The molecule has 0 aromatic heterocycles. The SMILES string of the molecule is CCCCCCNC[C@@H]1CCNC1. The molecule has 13 heavy (non-hydrogen) atoms. The summed E-state index contributed by atoms with van der Waals surface area (Å²) in [5.41, 5.74) is 0. The van der Waals surface area contributed by atoms with Crippen LogP contribution in [0.2, 0.25) is 0 Å². The predicted octanol–water partition coefficient (Wildman–Crippen LogP) is 1.77. The van der Waals surface area contributed by atoms with E-state index < -0.39 is 0 Å². The highest BCUT2D eigenvalue weighted by Gasteiger charge is 2.12. The number of rotatable bonds is 7. The lowest BCUT2D eigenvalue weighted by molar-refractivity contribution is 0.499. The molecule has 0 radical (unpaired) electrons. The molecular formula is C11H24N2. The normalized spacial score (nSPS) is 22.4. The Hall–Kier alpha value is -0.0800. The molecule has 2 heteroatoms. The summed E-state index contributed by atoms with van der Waals surface area (Å²) in [5.74, 6) is 0.895. The smallest absolute Gasteiger partial charge is 0.000790 e. The van der Waals surface area contributed by atoms with Crippen LogP contribution in [0, 0.1) is 5.92 Å². The second-order valence-corrected chi connectivity index (χ2v) is 4.12. The molecule has 1 fully saturated rings. The highest BCUT2D eigenvalue weighted by Crippen LogP contribution is 2.05. The molecule has 0 bridgehead atoms. The van der Waals surface area contributed by atoms with Gasteiger partial charge in [0.2, 0.25) is 0 Å². The maximum absolute atomic E-state index is 3.55. The average molecular weight is 184 g/mol. The van der Waals surface area contributed by atoms with E-state index in [2.05, 4.69) is 17.6 Å². The molecule has 2 nitrogen and oxygen atoms in total. The van der Waals surface area contributed by atoms with E-state index in [9.17, 15) is 0 Å². The monoisotopic (exact) mass is 184 g/mol. The quantitative estimate of drug-likeness (QED) is 0.589. The average Bonchev–Trinajstić information content (AvgIpc) is 2.63. The van der Waals surface area contributed by atoms with Crippen LogP contribution >= 0.6 is 0 Å². The lowest BCUT2D eigenvalue weighted by Crippen LogP contribution is -2.25. The largest absolute Gasteiger partial charge is 0.316 e. The van der Waals surface area contributed by atoms with Gasteiger partial charge in [0.05, 0.1) is 0 Å². The Morgan fingerprint density at radius 1 is 1.31 bits per heavy atom. The molecule has 0 aromatic rings. The highest BCUT2D eigenvalue weighted by molar-refractivity contribution is 4.72. The minimum atomic E-state index is 0.895. The maximum atomic E-state index is 3.55. The van der Waals surface area contributed by atoms with E-state index in [-0.39, 0.29) is 0 Å². The van der Waals surface area contributed by atoms with Crippen LogP contribution in [0.3, 0.4) is 0 Å². The van der Waals surface area contributed by atoms with Crippen molar-refractivity contribution in [2.45, 2.75) is 39.0 Å². The first kappa shape index (κ1) is 11.0. The zero-order valence-corrected chi connectivity index (χ0v) is 8.94. The van der Waals surface area contributed by atoms with E-state index in [1.807, 2.05) is 0 Å². The first-order valence-electron chi connectivity index (χ1n) is 5.85. The van der Waals surface area contributed by atoms with Crippen LogP contribution in [0.15, 0.2) is 0 Å². The molecular weight excluding hydrogens is 160 g/mol. The molecule has 0 unspecified atom stereocenters. The van der Waals surface area contributed by atoms with Crippen molar-refractivity contribution >= 4 is 0 Å². The van der Waals surface area contributed by atoms with Gasteiger partial charge in [0, 0.05) is 0 Å². The van der Waals surface area contributed by atoms with Gasteiger partial charge in [-0.05, 0) is 44.9 Å². The molecule has 0 spiro atoms. The van der Waals surface area contributed by atoms with Crippen LogP contribution in [0.4, 0.5) is 0 Å². The third-order valence-electron chi connectivity index (χ3n) is 2.80. The van der Waals surface area contributed by atoms with Gasteiger partial charge in [0.15, 0.2) is 0 Å². The van der Waals surface area contributed by atoms with E-state index in [1.165, 1.54) is 58.3 Å². The zero-order valence-electron chi connectivity index (χ0n) is 8.94. The molecule has 1 rings (SSSR count). The molecule has 78 valence electrons. The molecule has 1 aliphatic heterocycles. The van der Waals surface area contributed by atoms with Crippen LogP contribution in [0.25, 0.3) is 0 Å². The van der Waals surface area contributed by atoms with Crippen LogP contribution in [0.1, 0.15) is 39.0 Å². The van der Waals surface area contributed by atoms with Crippen molar-refractivity contribution < 1.29 is 0 Å². The minimum Gasteiger partial charge on any atom is -0.316 e. The Morgan fingerprint density at radius 2 is 2.23 bits per heavy atom. The first-order valence-corrected chi connectivity index (χ1v) is 5.85. The van der Waals surface area contributed by atoms with Crippen molar-refractivity contribution in [3.05, 3.63) is 0 Å². The third kappa shape index (κ3) is 5.27. The second-order valence-electron chi connectivity index (χ2n) is 4.12. The number of hydrogen-bond acceptors (Lipinski definition) is 2. The van der Waals surface area contributed by atoms with Gasteiger partial charge in [-0.3, -0.25) is 0 Å². The van der Waals surface area contributed by atoms with Crippen LogP contribution in [-0.4, -0.2) is 26.2 Å². The van der Waals surface area contributed by atoms with Crippen molar-refractivity contribution in [3.63, 3.8) is 0 Å². The Kier molecular flexibility index (Phi) is 6.21. The lowest BCUT2D eigenvalue weighted by atomic mass is 10.1. The summed E-state index contributed by atoms with van der Waals surface area (Å²) in [6.07, 6.45) is 6.85. The zero-order chi connectivity index (χ0) is 9.36. The summed E-state index contributed by atoms with van der Waals surface area (Å²) >= 11 is 0. The Labute approximate surface area is 82.5 Å². The molecule has 2 N–H and O–H groups in total. The minimum absolute atomic E-state index is 0.895. The van der Waals surface area contributed by atoms with Crippen molar-refractivity contribution in [2.75, 3.05) is 26.2 Å². The van der Waals surface area contributed by atoms with E-state index in [0.717, 1.165) is 5.92 Å². The molecule has 1 atom stereocenters. The number of nitrogens with one attached hydrogen (secondary N) is 2. The van der Waals surface area contributed by atoms with Crippen LogP contribution < -0.4 is 10.6 Å². The third-order valence-corrected chi connectivity index (χ3v) is 2.80. The molecule has 1 heterocycles. The fraction of sp³-hybridized carbons (Fsp3) is 1.00. The lowest BCUT2D eigenvalue weighted by Gasteiger charge is -2.09. The van der Waals surface area contributed by atoms with E-state index in [1.54, 1.807) is 0 Å². The number of hydrogen-bond donors (Lipinski definition) is 2. The molecule has 0 aromatic carbocycles. The molecule has 1 saturated heterocycles. The maximum Gasteiger partial charge on any atom is -0.000790 e. The van der Waals surface area contributed by atoms with Gasteiger partial charge < -0.3 is 10.6 Å². The van der Waals surface area contributed by atoms with Gasteiger partial charge in [0.1, 0.15) is 0 Å². The molecule has 1 aliphatic rings. The van der Waals surface area contributed by atoms with E-state index >= 15 is 0 Å². The van der Waals surface area contributed by atoms with Crippen molar-refractivity contribution in [1.29, 1.82) is 0 Å². The van der Waals surface area contributed by atoms with E-state index in [0.29, 0.717) is 0 Å². The topological polar surface area (TPSA) is 24.1 Å². The molecule has 0 aliphatic carbocycles. The van der Waals surface area contributed by atoms with Gasteiger partial charge in [-0.15, -0.1) is 0 Å². The summed E-state index contributed by atoms with van der Waals surface area (Å²) < 4.78 is 0. The fourth-order valence-corrected chi connectivity index (χ4v) is 1.87. The molecule has 0 amide bonds. The van der Waals surface area contributed by atoms with Gasteiger partial charge in [0.25, 0.3) is 0 Å². The van der Waals surface area contributed by atoms with Gasteiger partial charge in [-0.1, -0.05) is 26.2 Å². The van der Waals surface area contributed by atoms with Gasteiger partial charge in [-0.25, -0.2) is 0 Å². The Bertz CT molecular complexity index is 109.